The maximum atomic E-state index is 7.31. The van der Waals surface area contributed by atoms with Crippen molar-refractivity contribution in [2.24, 2.45) is 5.41 Å². The third-order valence-corrected chi connectivity index (χ3v) is 10.8. The highest BCUT2D eigenvalue weighted by atomic mass is 16.5. The quantitative estimate of drug-likeness (QED) is 0.336. The number of hydrogen-bond acceptors (Lipinski definition) is 3. The van der Waals surface area contributed by atoms with Gasteiger partial charge in [0.15, 0.2) is 12.0 Å². The topological polar surface area (TPSA) is 25.4 Å². The first-order valence-corrected chi connectivity index (χ1v) is 15.2. The third kappa shape index (κ3) is 3.04. The van der Waals surface area contributed by atoms with Crippen LogP contribution in [0.1, 0.15) is 114 Å². The molecule has 3 aromatic rings. The van der Waals surface area contributed by atoms with Crippen molar-refractivity contribution in [1.82, 2.24) is 4.98 Å². The van der Waals surface area contributed by atoms with Crippen LogP contribution in [0, 0.1) is 19.3 Å². The first kappa shape index (κ1) is 25.9. The monoisotopic (exact) mass is 532 g/mol. The summed E-state index contributed by atoms with van der Waals surface area (Å²) in [4.78, 5) is 7.14. The molecule has 0 amide bonds. The van der Waals surface area contributed by atoms with E-state index in [9.17, 15) is 0 Å². The minimum Gasteiger partial charge on any atom is -0.467 e. The number of ether oxygens (including phenoxy) is 1. The smallest absolute Gasteiger partial charge is 0.183 e. The number of aryl methyl sites for hydroxylation is 2. The molecular formula is C37H44N2O. The van der Waals surface area contributed by atoms with Crippen molar-refractivity contribution in [3.8, 4) is 11.1 Å². The van der Waals surface area contributed by atoms with Gasteiger partial charge in [-0.2, -0.15) is 0 Å². The Morgan fingerprint density at radius 3 is 2.10 bits per heavy atom. The van der Waals surface area contributed by atoms with E-state index in [0.717, 1.165) is 18.6 Å². The fourth-order valence-electron chi connectivity index (χ4n) is 8.35. The predicted molar refractivity (Wildman–Crippen MR) is 166 cm³/mol. The lowest BCUT2D eigenvalue weighted by atomic mass is 9.71. The van der Waals surface area contributed by atoms with Gasteiger partial charge in [-0.1, -0.05) is 73.6 Å². The SMILES string of the molecule is CCC12CC1(CC)C1OC(c3c(C)cncc3C)=C3c4ccc(C(C)(C)C)cc4-c4cc(C(C)(C)C)cc2c4N31. The molecule has 3 unspecified atom stereocenters. The van der Waals surface area contributed by atoms with E-state index in [-0.39, 0.29) is 27.9 Å². The highest BCUT2D eigenvalue weighted by Crippen LogP contribution is 2.78. The van der Waals surface area contributed by atoms with E-state index >= 15 is 0 Å². The van der Waals surface area contributed by atoms with E-state index in [0.29, 0.717) is 0 Å². The van der Waals surface area contributed by atoms with Gasteiger partial charge in [-0.05, 0) is 89.5 Å². The Balaban J connectivity index is 1.64. The van der Waals surface area contributed by atoms with Crippen LogP contribution in [0.3, 0.4) is 0 Å². The molecule has 0 saturated heterocycles. The molecular weight excluding hydrogens is 488 g/mol. The van der Waals surface area contributed by atoms with E-state index < -0.39 is 0 Å². The van der Waals surface area contributed by atoms with Gasteiger partial charge in [0.2, 0.25) is 0 Å². The van der Waals surface area contributed by atoms with Crippen molar-refractivity contribution >= 4 is 17.1 Å². The van der Waals surface area contributed by atoms with Gasteiger partial charge >= 0.3 is 0 Å². The number of aromatic nitrogens is 1. The van der Waals surface area contributed by atoms with Gasteiger partial charge in [-0.3, -0.25) is 4.98 Å². The number of benzene rings is 2. The first-order valence-electron chi connectivity index (χ1n) is 15.2. The van der Waals surface area contributed by atoms with Gasteiger partial charge in [-0.15, -0.1) is 0 Å². The van der Waals surface area contributed by atoms with E-state index in [1.165, 1.54) is 62.3 Å². The Labute approximate surface area is 240 Å². The molecule has 0 spiro atoms. The average molecular weight is 533 g/mol. The maximum absolute atomic E-state index is 7.31. The maximum Gasteiger partial charge on any atom is 0.183 e. The van der Waals surface area contributed by atoms with Crippen LogP contribution >= 0.6 is 0 Å². The summed E-state index contributed by atoms with van der Waals surface area (Å²) in [6.07, 6.45) is 7.42. The number of anilines is 1. The van der Waals surface area contributed by atoms with Gasteiger partial charge in [-0.25, -0.2) is 0 Å². The average Bonchev–Trinajstić information content (AvgIpc) is 3.45. The molecule has 4 heterocycles. The predicted octanol–water partition coefficient (Wildman–Crippen LogP) is 9.42. The zero-order chi connectivity index (χ0) is 28.6. The second-order valence-corrected chi connectivity index (χ2v) is 15.0. The molecule has 40 heavy (non-hydrogen) atoms. The Morgan fingerprint density at radius 1 is 0.850 bits per heavy atom. The lowest BCUT2D eigenvalue weighted by molar-refractivity contribution is 0.0848. The van der Waals surface area contributed by atoms with E-state index in [4.69, 9.17) is 4.74 Å². The van der Waals surface area contributed by atoms with Crippen molar-refractivity contribution in [2.75, 3.05) is 4.90 Å². The third-order valence-electron chi connectivity index (χ3n) is 10.8. The van der Waals surface area contributed by atoms with Crippen molar-refractivity contribution in [3.63, 3.8) is 0 Å². The second-order valence-electron chi connectivity index (χ2n) is 15.0. The second kappa shape index (κ2) is 7.81. The van der Waals surface area contributed by atoms with Crippen molar-refractivity contribution < 1.29 is 4.74 Å². The Morgan fingerprint density at radius 2 is 1.50 bits per heavy atom. The summed E-state index contributed by atoms with van der Waals surface area (Å²) in [6, 6.07) is 12.3. The lowest BCUT2D eigenvalue weighted by Gasteiger charge is -2.46. The highest BCUT2D eigenvalue weighted by molar-refractivity contribution is 6.10. The van der Waals surface area contributed by atoms with Gasteiger partial charge in [0.1, 0.15) is 0 Å². The molecule has 1 aromatic heterocycles. The van der Waals surface area contributed by atoms with Crippen molar-refractivity contribution in [1.29, 1.82) is 0 Å². The summed E-state index contributed by atoms with van der Waals surface area (Å²) >= 11 is 0. The van der Waals surface area contributed by atoms with Crippen LogP contribution < -0.4 is 4.90 Å². The van der Waals surface area contributed by atoms with Crippen LogP contribution in [0.4, 0.5) is 5.69 Å². The number of nitrogens with zero attached hydrogens (tertiary/aromatic N) is 2. The molecule has 1 saturated carbocycles. The fourth-order valence-corrected chi connectivity index (χ4v) is 8.35. The fraction of sp³-hybridized carbons (Fsp3) is 0.486. The lowest BCUT2D eigenvalue weighted by Crippen LogP contribution is -2.47. The van der Waals surface area contributed by atoms with Crippen LogP contribution in [-0.4, -0.2) is 11.2 Å². The standard InChI is InChI=1S/C37H44N2O/c1-11-36-20-37(36,12-2)33-39-30-27(16-24(17-28(30)36)35(8,9)10)26-15-23(34(5,6)7)13-14-25(26)31(39)32(40-33)29-21(3)18-38-19-22(29)4/h13-19,33H,11-12,20H2,1-10H3. The largest absolute Gasteiger partial charge is 0.467 e. The van der Waals surface area contributed by atoms with E-state index in [1.807, 2.05) is 12.4 Å². The Hall–Kier alpha value is -3.07. The molecule has 0 N–H and O–H groups in total. The summed E-state index contributed by atoms with van der Waals surface area (Å²) in [7, 11) is 0. The molecule has 2 aromatic carbocycles. The first-order chi connectivity index (χ1) is 18.8. The Bertz CT molecular complexity index is 1610. The van der Waals surface area contributed by atoms with Crippen LogP contribution in [0.25, 0.3) is 22.6 Å². The molecule has 0 bridgehead atoms. The van der Waals surface area contributed by atoms with Crippen molar-refractivity contribution in [2.45, 2.75) is 111 Å². The molecule has 3 nitrogen and oxygen atoms in total. The zero-order valence-electron chi connectivity index (χ0n) is 26.0. The zero-order valence-corrected chi connectivity index (χ0v) is 26.0. The minimum absolute atomic E-state index is 0.0107. The summed E-state index contributed by atoms with van der Waals surface area (Å²) in [6.45, 7) is 23.2. The van der Waals surface area contributed by atoms with E-state index in [2.05, 4.69) is 109 Å². The summed E-state index contributed by atoms with van der Waals surface area (Å²) < 4.78 is 7.31. The molecule has 3 heteroatoms. The molecule has 3 aliphatic heterocycles. The minimum atomic E-state index is 0.0107. The van der Waals surface area contributed by atoms with Crippen LogP contribution in [0.5, 0.6) is 0 Å². The van der Waals surface area contributed by atoms with Crippen LogP contribution in [-0.2, 0) is 21.0 Å². The number of pyridine rings is 1. The number of fused-ring (bicyclic) bond motifs is 6. The van der Waals surface area contributed by atoms with Crippen LogP contribution in [0.2, 0.25) is 0 Å². The van der Waals surface area contributed by atoms with Gasteiger partial charge in [0, 0.05) is 39.9 Å². The molecule has 3 atom stereocenters. The van der Waals surface area contributed by atoms with Crippen molar-refractivity contribution in [3.05, 3.63) is 81.7 Å². The molecule has 1 fully saturated rings. The Kier molecular flexibility index (Phi) is 5.05. The highest BCUT2D eigenvalue weighted by Gasteiger charge is 2.76. The molecule has 7 rings (SSSR count). The summed E-state index contributed by atoms with van der Waals surface area (Å²) in [5.74, 6) is 1.04. The molecule has 4 aliphatic rings. The summed E-state index contributed by atoms with van der Waals surface area (Å²) in [5.41, 5.74) is 15.0. The number of rotatable bonds is 3. The normalized spacial score (nSPS) is 25.9. The van der Waals surface area contributed by atoms with Gasteiger partial charge in [0.05, 0.1) is 11.4 Å². The summed E-state index contributed by atoms with van der Waals surface area (Å²) in [5, 5.41) is 0. The molecule has 208 valence electrons. The number of hydrogen-bond donors (Lipinski definition) is 0. The van der Waals surface area contributed by atoms with Gasteiger partial charge in [0.25, 0.3) is 0 Å². The molecule has 0 radical (unpaired) electrons. The van der Waals surface area contributed by atoms with Gasteiger partial charge < -0.3 is 9.64 Å². The van der Waals surface area contributed by atoms with E-state index in [1.54, 1.807) is 5.56 Å². The van der Waals surface area contributed by atoms with Crippen LogP contribution in [0.15, 0.2) is 42.7 Å². The molecule has 1 aliphatic carbocycles.